The maximum absolute atomic E-state index is 13.2. The molecule has 0 saturated heterocycles. The van der Waals surface area contributed by atoms with Gasteiger partial charge in [0, 0.05) is 24.6 Å². The number of amides is 1. The van der Waals surface area contributed by atoms with Crippen LogP contribution in [-0.2, 0) is 37.2 Å². The second-order valence-corrected chi connectivity index (χ2v) is 10.4. The van der Waals surface area contributed by atoms with Crippen molar-refractivity contribution < 1.29 is 22.8 Å². The Morgan fingerprint density at radius 3 is 2.61 bits per heavy atom. The molecule has 1 aliphatic heterocycles. The summed E-state index contributed by atoms with van der Waals surface area (Å²) in [6.45, 7) is 3.81. The van der Waals surface area contributed by atoms with Crippen LogP contribution in [0.15, 0.2) is 41.4 Å². The van der Waals surface area contributed by atoms with E-state index in [9.17, 15) is 22.8 Å². The SMILES string of the molecule is CC(C)C(NS(=O)(=O)c1ccccc1)C(=O)CC1CCc2cn[nH]c2CCCNC(=O)C1=O. The molecule has 0 spiro atoms. The minimum atomic E-state index is -3.92. The third-order valence-corrected chi connectivity index (χ3v) is 7.31. The second kappa shape index (κ2) is 10.8. The van der Waals surface area contributed by atoms with E-state index >= 15 is 0 Å². The van der Waals surface area contributed by atoms with E-state index in [0.29, 0.717) is 32.2 Å². The third kappa shape index (κ3) is 6.35. The van der Waals surface area contributed by atoms with E-state index < -0.39 is 39.5 Å². The molecule has 0 fully saturated rings. The summed E-state index contributed by atoms with van der Waals surface area (Å²) in [7, 11) is -3.92. The molecule has 0 bridgehead atoms. The number of sulfonamides is 1. The Bertz CT molecular complexity index is 1100. The van der Waals surface area contributed by atoms with Gasteiger partial charge in [-0.05, 0) is 49.3 Å². The number of carbonyl (C=O) groups excluding carboxylic acids is 3. The average molecular weight is 475 g/mol. The number of hydrogen-bond acceptors (Lipinski definition) is 6. The zero-order chi connectivity index (χ0) is 24.0. The fourth-order valence-corrected chi connectivity index (χ4v) is 5.33. The molecule has 33 heavy (non-hydrogen) atoms. The highest BCUT2D eigenvalue weighted by Crippen LogP contribution is 2.21. The normalized spacial score (nSPS) is 18.8. The number of rotatable bonds is 7. The number of nitrogens with zero attached hydrogens (tertiary/aromatic N) is 1. The molecule has 0 aliphatic carbocycles. The third-order valence-electron chi connectivity index (χ3n) is 5.85. The molecular weight excluding hydrogens is 444 g/mol. The van der Waals surface area contributed by atoms with Gasteiger partial charge in [0.2, 0.25) is 15.8 Å². The van der Waals surface area contributed by atoms with Crippen LogP contribution in [0.3, 0.4) is 0 Å². The van der Waals surface area contributed by atoms with Crippen LogP contribution >= 0.6 is 0 Å². The highest BCUT2D eigenvalue weighted by Gasteiger charge is 2.33. The summed E-state index contributed by atoms with van der Waals surface area (Å²) in [6, 6.07) is 6.78. The summed E-state index contributed by atoms with van der Waals surface area (Å²) in [5.74, 6) is -2.96. The molecule has 2 atom stereocenters. The summed E-state index contributed by atoms with van der Waals surface area (Å²) in [5, 5.41) is 9.65. The van der Waals surface area contributed by atoms with E-state index in [2.05, 4.69) is 20.2 Å². The van der Waals surface area contributed by atoms with Crippen molar-refractivity contribution in [3.63, 3.8) is 0 Å². The Balaban J connectivity index is 1.79. The number of aromatic nitrogens is 2. The number of nitrogens with one attached hydrogen (secondary N) is 3. The predicted octanol–water partition coefficient (Wildman–Crippen LogP) is 1.55. The first-order valence-corrected chi connectivity index (χ1v) is 12.6. The molecule has 3 rings (SSSR count). The van der Waals surface area contributed by atoms with Gasteiger partial charge in [-0.3, -0.25) is 19.5 Å². The van der Waals surface area contributed by atoms with Crippen LogP contribution in [0, 0.1) is 11.8 Å². The lowest BCUT2D eigenvalue weighted by molar-refractivity contribution is -0.141. The topological polar surface area (TPSA) is 138 Å². The van der Waals surface area contributed by atoms with Crippen molar-refractivity contribution in [1.29, 1.82) is 0 Å². The van der Waals surface area contributed by atoms with Crippen molar-refractivity contribution in [2.45, 2.75) is 56.9 Å². The van der Waals surface area contributed by atoms with Gasteiger partial charge < -0.3 is 5.32 Å². The number of fused-ring (bicyclic) bond motifs is 1. The van der Waals surface area contributed by atoms with Gasteiger partial charge in [0.15, 0.2) is 5.78 Å². The molecule has 1 aromatic carbocycles. The van der Waals surface area contributed by atoms with Crippen molar-refractivity contribution in [1.82, 2.24) is 20.2 Å². The van der Waals surface area contributed by atoms with Gasteiger partial charge in [0.1, 0.15) is 0 Å². The van der Waals surface area contributed by atoms with Crippen LogP contribution in [-0.4, -0.2) is 48.7 Å². The molecule has 9 nitrogen and oxygen atoms in total. The first-order chi connectivity index (χ1) is 15.7. The lowest BCUT2D eigenvalue weighted by Gasteiger charge is -2.23. The molecule has 1 aromatic heterocycles. The number of aryl methyl sites for hydroxylation is 2. The summed E-state index contributed by atoms with van der Waals surface area (Å²) in [4.78, 5) is 38.5. The molecule has 3 N–H and O–H groups in total. The Morgan fingerprint density at radius 1 is 1.18 bits per heavy atom. The van der Waals surface area contributed by atoms with E-state index in [4.69, 9.17) is 0 Å². The second-order valence-electron chi connectivity index (χ2n) is 8.66. The Hall–Kier alpha value is -2.85. The van der Waals surface area contributed by atoms with Gasteiger partial charge in [0.25, 0.3) is 5.91 Å². The Labute approximate surface area is 193 Å². The van der Waals surface area contributed by atoms with Crippen LogP contribution in [0.5, 0.6) is 0 Å². The number of aromatic amines is 1. The minimum absolute atomic E-state index is 0.0568. The van der Waals surface area contributed by atoms with Crippen LogP contribution in [0.4, 0.5) is 0 Å². The molecule has 178 valence electrons. The standard InChI is InChI=1S/C23H30N4O5S/c1-15(2)21(27-33(31,32)18-7-4-3-5-8-18)20(28)13-16-10-11-17-14-25-26-19(17)9-6-12-24-23(30)22(16)29/h3-5,7-8,14-16,21,27H,6,9-13H2,1-2H3,(H,24,30)(H,25,26). The van der Waals surface area contributed by atoms with Gasteiger partial charge in [-0.15, -0.1) is 0 Å². The van der Waals surface area contributed by atoms with Crippen molar-refractivity contribution >= 4 is 27.5 Å². The molecule has 0 saturated carbocycles. The van der Waals surface area contributed by atoms with Crippen LogP contribution in [0.1, 0.15) is 44.4 Å². The number of Topliss-reactive ketones (excluding diaryl/α,β-unsaturated/α-hetero) is 2. The number of benzene rings is 1. The Morgan fingerprint density at radius 2 is 1.91 bits per heavy atom. The van der Waals surface area contributed by atoms with E-state index in [-0.39, 0.29) is 17.2 Å². The summed E-state index contributed by atoms with van der Waals surface area (Å²) in [6.07, 6.45) is 3.63. The number of carbonyl (C=O) groups is 3. The molecular formula is C23H30N4O5S. The Kier molecular flexibility index (Phi) is 8.15. The molecule has 2 unspecified atom stereocenters. The molecule has 10 heteroatoms. The monoisotopic (exact) mass is 474 g/mol. The van der Waals surface area contributed by atoms with E-state index in [1.807, 2.05) is 0 Å². The van der Waals surface area contributed by atoms with Gasteiger partial charge in [-0.1, -0.05) is 32.0 Å². The smallest absolute Gasteiger partial charge is 0.287 e. The first-order valence-electron chi connectivity index (χ1n) is 11.1. The van der Waals surface area contributed by atoms with Crippen molar-refractivity contribution in [2.75, 3.05) is 6.54 Å². The molecule has 1 aliphatic rings. The maximum atomic E-state index is 13.2. The van der Waals surface area contributed by atoms with Gasteiger partial charge in [-0.2, -0.15) is 5.10 Å². The molecule has 2 aromatic rings. The minimum Gasteiger partial charge on any atom is -0.349 e. The van der Waals surface area contributed by atoms with E-state index in [1.165, 1.54) is 12.1 Å². The van der Waals surface area contributed by atoms with Crippen LogP contribution in [0.2, 0.25) is 0 Å². The molecule has 1 amide bonds. The van der Waals surface area contributed by atoms with E-state index in [1.54, 1.807) is 38.2 Å². The quantitative estimate of drug-likeness (QED) is 0.521. The zero-order valence-electron chi connectivity index (χ0n) is 18.8. The van der Waals surface area contributed by atoms with E-state index in [0.717, 1.165) is 11.3 Å². The molecule has 0 radical (unpaired) electrons. The van der Waals surface area contributed by atoms with Crippen molar-refractivity contribution in [3.05, 3.63) is 47.8 Å². The lowest BCUT2D eigenvalue weighted by Crippen LogP contribution is -2.46. The lowest BCUT2D eigenvalue weighted by atomic mass is 9.87. The van der Waals surface area contributed by atoms with Crippen molar-refractivity contribution in [3.8, 4) is 0 Å². The van der Waals surface area contributed by atoms with Gasteiger partial charge in [0.05, 0.1) is 17.1 Å². The predicted molar refractivity (Wildman–Crippen MR) is 122 cm³/mol. The fourth-order valence-electron chi connectivity index (χ4n) is 3.94. The van der Waals surface area contributed by atoms with Crippen LogP contribution in [0.25, 0.3) is 0 Å². The van der Waals surface area contributed by atoms with Crippen LogP contribution < -0.4 is 10.0 Å². The summed E-state index contributed by atoms with van der Waals surface area (Å²) >= 11 is 0. The average Bonchev–Trinajstić information content (AvgIpc) is 3.23. The zero-order valence-corrected chi connectivity index (χ0v) is 19.7. The number of H-pyrrole nitrogens is 1. The highest BCUT2D eigenvalue weighted by molar-refractivity contribution is 7.89. The fraction of sp³-hybridized carbons (Fsp3) is 0.478. The molecule has 2 heterocycles. The van der Waals surface area contributed by atoms with Crippen molar-refractivity contribution in [2.24, 2.45) is 11.8 Å². The number of ketones is 2. The highest BCUT2D eigenvalue weighted by atomic mass is 32.2. The largest absolute Gasteiger partial charge is 0.349 e. The number of hydrogen-bond donors (Lipinski definition) is 3. The first kappa shape index (κ1) is 24.8. The summed E-state index contributed by atoms with van der Waals surface area (Å²) < 4.78 is 28.1. The van der Waals surface area contributed by atoms with Gasteiger partial charge in [-0.25, -0.2) is 13.1 Å². The summed E-state index contributed by atoms with van der Waals surface area (Å²) in [5.41, 5.74) is 1.92. The van der Waals surface area contributed by atoms with Gasteiger partial charge >= 0.3 is 0 Å². The maximum Gasteiger partial charge on any atom is 0.287 e.